The second-order valence-corrected chi connectivity index (χ2v) is 10.2. The van der Waals surface area contributed by atoms with Crippen molar-refractivity contribution in [2.75, 3.05) is 58.4 Å². The van der Waals surface area contributed by atoms with E-state index in [-0.39, 0.29) is 0 Å². The number of fused-ring (bicyclic) bond motifs is 1. The molecule has 0 amide bonds. The second kappa shape index (κ2) is 8.62. The van der Waals surface area contributed by atoms with Gasteiger partial charge in [-0.25, -0.2) is 9.67 Å². The average Bonchev–Trinajstić information content (AvgIpc) is 3.52. The highest BCUT2D eigenvalue weighted by atomic mass is 16.5. The number of rotatable bonds is 4. The molecule has 6 rings (SSSR count). The molecule has 0 saturated carbocycles. The summed E-state index contributed by atoms with van der Waals surface area (Å²) in [7, 11) is 4.55. The van der Waals surface area contributed by atoms with E-state index in [1.807, 2.05) is 21.5 Å². The molecule has 35 heavy (non-hydrogen) atoms. The van der Waals surface area contributed by atoms with Crippen molar-refractivity contribution in [2.45, 2.75) is 13.3 Å². The fourth-order valence-corrected chi connectivity index (χ4v) is 4.85. The minimum Gasteiger partial charge on any atom is -0.378 e. The van der Waals surface area contributed by atoms with Gasteiger partial charge in [0.15, 0.2) is 11.5 Å². The summed E-state index contributed by atoms with van der Waals surface area (Å²) < 4.78 is 10.5. The van der Waals surface area contributed by atoms with Crippen molar-refractivity contribution < 1.29 is 9.22 Å². The normalized spacial score (nSPS) is 18.1. The molecular weight excluding hydrogens is 438 g/mol. The number of quaternary nitrogens is 1. The third-order valence-corrected chi connectivity index (χ3v) is 7.01. The summed E-state index contributed by atoms with van der Waals surface area (Å²) in [5.74, 6) is 1.82. The Hall–Kier alpha value is -3.49. The Labute approximate surface area is 205 Å². The monoisotopic (exact) mass is 470 g/mol. The van der Waals surface area contributed by atoms with Gasteiger partial charge < -0.3 is 14.1 Å². The van der Waals surface area contributed by atoms with Crippen LogP contribution in [-0.2, 0) is 4.74 Å². The number of anilines is 1. The van der Waals surface area contributed by atoms with Gasteiger partial charge in [0.25, 0.3) is 0 Å². The van der Waals surface area contributed by atoms with E-state index < -0.39 is 0 Å². The van der Waals surface area contributed by atoms with E-state index in [1.165, 1.54) is 11.1 Å². The molecule has 1 aromatic carbocycles. The number of likely N-dealkylation sites (N-methyl/N-ethyl adjacent to an activating group) is 1. The van der Waals surface area contributed by atoms with E-state index >= 15 is 0 Å². The molecule has 2 aliphatic rings. The van der Waals surface area contributed by atoms with Crippen LogP contribution < -0.4 is 4.90 Å². The fraction of sp³-hybridized carbons (Fsp3) is 0.370. The predicted octanol–water partition coefficient (Wildman–Crippen LogP) is 3.59. The molecule has 0 aliphatic carbocycles. The molecule has 1 saturated heterocycles. The summed E-state index contributed by atoms with van der Waals surface area (Å²) in [4.78, 5) is 7.31. The summed E-state index contributed by atoms with van der Waals surface area (Å²) >= 11 is 0. The lowest BCUT2D eigenvalue weighted by Crippen LogP contribution is -2.42. The molecule has 0 radical (unpaired) electrons. The summed E-state index contributed by atoms with van der Waals surface area (Å²) in [6, 6.07) is 14.7. The van der Waals surface area contributed by atoms with Crippen molar-refractivity contribution in [1.82, 2.24) is 24.4 Å². The largest absolute Gasteiger partial charge is 0.378 e. The van der Waals surface area contributed by atoms with Gasteiger partial charge >= 0.3 is 0 Å². The zero-order valence-corrected chi connectivity index (χ0v) is 20.7. The molecule has 0 atom stereocenters. The minimum atomic E-state index is 0.713. The number of aryl methyl sites for hydroxylation is 1. The molecule has 1 fully saturated rings. The number of hydrogen-bond acceptors (Lipinski definition) is 5. The van der Waals surface area contributed by atoms with Crippen LogP contribution in [0.5, 0.6) is 0 Å². The fourth-order valence-electron chi connectivity index (χ4n) is 4.85. The second-order valence-electron chi connectivity index (χ2n) is 10.2. The van der Waals surface area contributed by atoms with Gasteiger partial charge in [-0.3, -0.25) is 0 Å². The molecule has 3 aromatic heterocycles. The molecule has 5 heterocycles. The van der Waals surface area contributed by atoms with E-state index in [4.69, 9.17) is 19.9 Å². The molecule has 0 N–H and O–H groups in total. The lowest BCUT2D eigenvalue weighted by molar-refractivity contribution is -0.885. The van der Waals surface area contributed by atoms with Crippen LogP contribution in [0.3, 0.4) is 0 Å². The Balaban J connectivity index is 1.43. The highest BCUT2D eigenvalue weighted by Gasteiger charge is 2.24. The molecule has 180 valence electrons. The van der Waals surface area contributed by atoms with Crippen LogP contribution in [0, 0.1) is 6.92 Å². The topological polar surface area (TPSA) is 60.5 Å². The van der Waals surface area contributed by atoms with E-state index in [2.05, 4.69) is 68.4 Å². The van der Waals surface area contributed by atoms with E-state index in [9.17, 15) is 0 Å². The molecule has 0 spiro atoms. The number of benzene rings is 1. The van der Waals surface area contributed by atoms with E-state index in [0.717, 1.165) is 71.3 Å². The number of ether oxygens (including phenoxy) is 1. The number of morpholine rings is 1. The Kier molecular flexibility index (Phi) is 5.42. The van der Waals surface area contributed by atoms with Gasteiger partial charge in [-0.05, 0) is 30.7 Å². The van der Waals surface area contributed by atoms with Crippen LogP contribution in [0.25, 0.3) is 28.3 Å². The SMILES string of the molecule is Cc1cccc(-c2ccn(-c3cc(N4CCOCC4)n4nc(C5=CC[N+](C)(C)CC5)cc4n3)n2)c1. The number of nitrogens with zero attached hydrogens (tertiary/aromatic N) is 7. The van der Waals surface area contributed by atoms with Crippen LogP contribution in [-0.4, -0.2) is 82.3 Å². The van der Waals surface area contributed by atoms with Crippen molar-refractivity contribution >= 4 is 17.0 Å². The first-order valence-electron chi connectivity index (χ1n) is 12.3. The number of aromatic nitrogens is 5. The van der Waals surface area contributed by atoms with Crippen LogP contribution in [0.1, 0.15) is 17.7 Å². The Bertz CT molecular complexity index is 1410. The molecular formula is C27H32N7O+. The highest BCUT2D eigenvalue weighted by molar-refractivity contribution is 5.68. The predicted molar refractivity (Wildman–Crippen MR) is 138 cm³/mol. The molecule has 0 unspecified atom stereocenters. The van der Waals surface area contributed by atoms with Crippen molar-refractivity contribution in [3.63, 3.8) is 0 Å². The first-order chi connectivity index (χ1) is 16.9. The molecule has 4 aromatic rings. The minimum absolute atomic E-state index is 0.713. The molecule has 8 nitrogen and oxygen atoms in total. The van der Waals surface area contributed by atoms with Gasteiger partial charge in [0.2, 0.25) is 0 Å². The lowest BCUT2D eigenvalue weighted by atomic mass is 10.0. The first kappa shape index (κ1) is 22.0. The highest BCUT2D eigenvalue weighted by Crippen LogP contribution is 2.28. The summed E-state index contributed by atoms with van der Waals surface area (Å²) in [6.07, 6.45) is 5.35. The third kappa shape index (κ3) is 4.35. The van der Waals surface area contributed by atoms with Gasteiger partial charge in [0.05, 0.1) is 51.8 Å². The summed E-state index contributed by atoms with van der Waals surface area (Å²) in [6.45, 7) is 7.32. The zero-order valence-electron chi connectivity index (χ0n) is 20.7. The smallest absolute Gasteiger partial charge is 0.160 e. The Morgan fingerprint density at radius 2 is 1.83 bits per heavy atom. The maximum absolute atomic E-state index is 5.61. The molecule has 0 bridgehead atoms. The molecule has 8 heteroatoms. The van der Waals surface area contributed by atoms with Crippen LogP contribution >= 0.6 is 0 Å². The van der Waals surface area contributed by atoms with Crippen molar-refractivity contribution in [3.8, 4) is 17.1 Å². The average molecular weight is 471 g/mol. The maximum Gasteiger partial charge on any atom is 0.160 e. The van der Waals surface area contributed by atoms with Gasteiger partial charge in [0.1, 0.15) is 5.82 Å². The summed E-state index contributed by atoms with van der Waals surface area (Å²) in [5.41, 5.74) is 6.43. The Morgan fingerprint density at radius 1 is 0.971 bits per heavy atom. The van der Waals surface area contributed by atoms with Crippen molar-refractivity contribution in [2.24, 2.45) is 0 Å². The standard InChI is InChI=1S/C27H32N7O/c1-20-5-4-6-22(17-20)23-7-10-32(29-23)25-19-27(31-11-15-35-16-12-31)33-26(28-25)18-24(30-33)21-8-13-34(2,3)14-9-21/h4-8,10,17-19H,9,11-16H2,1-3H3/q+1. The zero-order chi connectivity index (χ0) is 24.0. The third-order valence-electron chi connectivity index (χ3n) is 7.01. The van der Waals surface area contributed by atoms with Crippen molar-refractivity contribution in [3.05, 3.63) is 66.0 Å². The van der Waals surface area contributed by atoms with Crippen LogP contribution in [0.15, 0.2) is 54.7 Å². The van der Waals surface area contributed by atoms with E-state index in [0.29, 0.717) is 13.2 Å². The quantitative estimate of drug-likeness (QED) is 0.427. The lowest BCUT2D eigenvalue weighted by Gasteiger charge is -2.32. The Morgan fingerprint density at radius 3 is 2.60 bits per heavy atom. The maximum atomic E-state index is 5.61. The first-order valence-corrected chi connectivity index (χ1v) is 12.3. The van der Waals surface area contributed by atoms with Gasteiger partial charge in [0, 0.05) is 43.4 Å². The summed E-state index contributed by atoms with van der Waals surface area (Å²) in [5, 5.41) is 9.89. The van der Waals surface area contributed by atoms with Gasteiger partial charge in [-0.2, -0.15) is 14.7 Å². The van der Waals surface area contributed by atoms with Gasteiger partial charge in [-0.15, -0.1) is 0 Å². The molecule has 2 aliphatic heterocycles. The number of hydrogen-bond donors (Lipinski definition) is 0. The van der Waals surface area contributed by atoms with E-state index in [1.54, 1.807) is 0 Å². The van der Waals surface area contributed by atoms with Crippen LogP contribution in [0.2, 0.25) is 0 Å². The van der Waals surface area contributed by atoms with Crippen LogP contribution in [0.4, 0.5) is 5.82 Å². The van der Waals surface area contributed by atoms with Gasteiger partial charge in [-0.1, -0.05) is 23.8 Å². The van der Waals surface area contributed by atoms with Crippen molar-refractivity contribution in [1.29, 1.82) is 0 Å².